The standard InChI is InChI=1S/C12H21IO3/c1-3-16-12(15)11(10(2)14)8-6-4-5-7-9-13/h11H,3-9H2,1-2H3. The van der Waals surface area contributed by atoms with Crippen molar-refractivity contribution in [2.45, 2.75) is 46.0 Å². The third-order valence-electron chi connectivity index (χ3n) is 2.44. The molecule has 0 bridgehead atoms. The van der Waals surface area contributed by atoms with Crippen LogP contribution in [0.15, 0.2) is 0 Å². The van der Waals surface area contributed by atoms with E-state index in [1.807, 2.05) is 0 Å². The lowest BCUT2D eigenvalue weighted by Gasteiger charge is -2.11. The molecular formula is C12H21IO3. The van der Waals surface area contributed by atoms with Crippen molar-refractivity contribution in [3.63, 3.8) is 0 Å². The highest BCUT2D eigenvalue weighted by molar-refractivity contribution is 14.1. The summed E-state index contributed by atoms with van der Waals surface area (Å²) in [6.45, 7) is 3.57. The fourth-order valence-corrected chi connectivity index (χ4v) is 2.07. The minimum absolute atomic E-state index is 0.0765. The van der Waals surface area contributed by atoms with E-state index in [1.165, 1.54) is 24.2 Å². The first-order valence-electron chi connectivity index (χ1n) is 5.86. The Labute approximate surface area is 111 Å². The van der Waals surface area contributed by atoms with Crippen LogP contribution in [0.2, 0.25) is 0 Å². The molecule has 0 N–H and O–H groups in total. The lowest BCUT2D eigenvalue weighted by molar-refractivity contribution is -0.151. The van der Waals surface area contributed by atoms with Crippen molar-refractivity contribution in [2.24, 2.45) is 5.92 Å². The number of alkyl halides is 1. The van der Waals surface area contributed by atoms with E-state index in [-0.39, 0.29) is 11.8 Å². The average molecular weight is 340 g/mol. The van der Waals surface area contributed by atoms with E-state index in [4.69, 9.17) is 4.74 Å². The minimum Gasteiger partial charge on any atom is -0.465 e. The number of carbonyl (C=O) groups is 2. The van der Waals surface area contributed by atoms with Crippen molar-refractivity contribution in [2.75, 3.05) is 11.0 Å². The summed E-state index contributed by atoms with van der Waals surface area (Å²) in [6, 6.07) is 0. The molecule has 0 fully saturated rings. The van der Waals surface area contributed by atoms with Gasteiger partial charge in [0.1, 0.15) is 11.7 Å². The number of rotatable bonds is 9. The minimum atomic E-state index is -0.542. The van der Waals surface area contributed by atoms with Gasteiger partial charge in [-0.15, -0.1) is 0 Å². The lowest BCUT2D eigenvalue weighted by atomic mass is 9.97. The highest BCUT2D eigenvalue weighted by Gasteiger charge is 2.23. The number of unbranched alkanes of at least 4 members (excludes halogenated alkanes) is 3. The molecular weight excluding hydrogens is 319 g/mol. The fourth-order valence-electron chi connectivity index (χ4n) is 1.53. The monoisotopic (exact) mass is 340 g/mol. The summed E-state index contributed by atoms with van der Waals surface area (Å²) in [5.74, 6) is -0.976. The highest BCUT2D eigenvalue weighted by atomic mass is 127. The van der Waals surface area contributed by atoms with Gasteiger partial charge in [-0.05, 0) is 31.1 Å². The van der Waals surface area contributed by atoms with E-state index in [0.29, 0.717) is 13.0 Å². The van der Waals surface area contributed by atoms with E-state index in [9.17, 15) is 9.59 Å². The Kier molecular flexibility index (Phi) is 9.97. The van der Waals surface area contributed by atoms with Gasteiger partial charge in [-0.1, -0.05) is 41.9 Å². The molecule has 0 aliphatic carbocycles. The zero-order valence-corrected chi connectivity index (χ0v) is 12.3. The quantitative estimate of drug-likeness (QED) is 0.213. The van der Waals surface area contributed by atoms with Crippen LogP contribution in [-0.4, -0.2) is 22.8 Å². The zero-order chi connectivity index (χ0) is 12.4. The van der Waals surface area contributed by atoms with Gasteiger partial charge in [0.2, 0.25) is 0 Å². The number of Topliss-reactive ketones (excluding diaryl/α,β-unsaturated/α-hetero) is 1. The van der Waals surface area contributed by atoms with Crippen molar-refractivity contribution in [3.8, 4) is 0 Å². The summed E-state index contributed by atoms with van der Waals surface area (Å²) >= 11 is 2.36. The first-order chi connectivity index (χ1) is 7.63. The summed E-state index contributed by atoms with van der Waals surface area (Å²) in [5, 5.41) is 0. The normalized spacial score (nSPS) is 12.2. The topological polar surface area (TPSA) is 43.4 Å². The molecule has 0 heterocycles. The third kappa shape index (κ3) is 7.19. The van der Waals surface area contributed by atoms with Crippen LogP contribution in [0.3, 0.4) is 0 Å². The van der Waals surface area contributed by atoms with E-state index in [0.717, 1.165) is 12.8 Å². The van der Waals surface area contributed by atoms with Crippen LogP contribution in [0.5, 0.6) is 0 Å². The maximum absolute atomic E-state index is 11.5. The van der Waals surface area contributed by atoms with Crippen LogP contribution in [0.4, 0.5) is 0 Å². The largest absolute Gasteiger partial charge is 0.465 e. The summed E-state index contributed by atoms with van der Waals surface area (Å²) in [5.41, 5.74) is 0. The number of ether oxygens (including phenoxy) is 1. The van der Waals surface area contributed by atoms with Crippen molar-refractivity contribution in [3.05, 3.63) is 0 Å². The number of carbonyl (C=O) groups excluding carboxylic acids is 2. The Morgan fingerprint density at radius 1 is 1.19 bits per heavy atom. The number of esters is 1. The average Bonchev–Trinajstić information content (AvgIpc) is 2.23. The molecule has 0 amide bonds. The number of hydrogen-bond acceptors (Lipinski definition) is 3. The Bertz CT molecular complexity index is 216. The zero-order valence-electron chi connectivity index (χ0n) is 10.1. The van der Waals surface area contributed by atoms with Crippen LogP contribution in [-0.2, 0) is 14.3 Å². The summed E-state index contributed by atoms with van der Waals surface area (Å²) in [7, 11) is 0. The van der Waals surface area contributed by atoms with Gasteiger partial charge in [-0.25, -0.2) is 0 Å². The van der Waals surface area contributed by atoms with E-state index < -0.39 is 5.92 Å². The predicted octanol–water partition coefficient (Wildman–Crippen LogP) is 3.14. The van der Waals surface area contributed by atoms with Crippen molar-refractivity contribution in [1.82, 2.24) is 0 Å². The SMILES string of the molecule is CCOC(=O)C(CCCCCCI)C(C)=O. The van der Waals surface area contributed by atoms with Gasteiger partial charge in [0.15, 0.2) is 0 Å². The molecule has 4 heteroatoms. The molecule has 3 nitrogen and oxygen atoms in total. The maximum atomic E-state index is 11.5. The number of halogens is 1. The van der Waals surface area contributed by atoms with Crippen molar-refractivity contribution >= 4 is 34.3 Å². The second-order valence-electron chi connectivity index (χ2n) is 3.81. The highest BCUT2D eigenvalue weighted by Crippen LogP contribution is 2.14. The molecule has 1 atom stereocenters. The van der Waals surface area contributed by atoms with Gasteiger partial charge in [0.05, 0.1) is 6.61 Å². The number of ketones is 1. The molecule has 0 saturated carbocycles. The molecule has 0 saturated heterocycles. The van der Waals surface area contributed by atoms with Crippen LogP contribution in [0, 0.1) is 5.92 Å². The van der Waals surface area contributed by atoms with Gasteiger partial charge in [-0.3, -0.25) is 9.59 Å². The van der Waals surface area contributed by atoms with Gasteiger partial charge in [-0.2, -0.15) is 0 Å². The maximum Gasteiger partial charge on any atom is 0.316 e. The molecule has 0 spiro atoms. The third-order valence-corrected chi connectivity index (χ3v) is 3.20. The van der Waals surface area contributed by atoms with Gasteiger partial charge in [0, 0.05) is 0 Å². The molecule has 0 aliphatic rings. The van der Waals surface area contributed by atoms with Crippen LogP contribution >= 0.6 is 22.6 Å². The Morgan fingerprint density at radius 3 is 2.31 bits per heavy atom. The van der Waals surface area contributed by atoms with E-state index in [2.05, 4.69) is 22.6 Å². The van der Waals surface area contributed by atoms with E-state index in [1.54, 1.807) is 6.92 Å². The molecule has 0 aromatic carbocycles. The van der Waals surface area contributed by atoms with Crippen molar-refractivity contribution in [1.29, 1.82) is 0 Å². The van der Waals surface area contributed by atoms with Crippen LogP contribution in [0.25, 0.3) is 0 Å². The molecule has 0 aromatic heterocycles. The molecule has 0 radical (unpaired) electrons. The first-order valence-corrected chi connectivity index (χ1v) is 7.39. The molecule has 16 heavy (non-hydrogen) atoms. The molecule has 0 aliphatic heterocycles. The molecule has 94 valence electrons. The summed E-state index contributed by atoms with van der Waals surface area (Å²) in [4.78, 5) is 22.7. The smallest absolute Gasteiger partial charge is 0.316 e. The summed E-state index contributed by atoms with van der Waals surface area (Å²) < 4.78 is 6.05. The molecule has 0 rings (SSSR count). The Hall–Kier alpha value is -0.130. The fraction of sp³-hybridized carbons (Fsp3) is 0.833. The lowest BCUT2D eigenvalue weighted by Crippen LogP contribution is -2.24. The van der Waals surface area contributed by atoms with Gasteiger partial charge in [0.25, 0.3) is 0 Å². The van der Waals surface area contributed by atoms with Crippen LogP contribution < -0.4 is 0 Å². The molecule has 1 unspecified atom stereocenters. The van der Waals surface area contributed by atoms with Crippen molar-refractivity contribution < 1.29 is 14.3 Å². The second-order valence-corrected chi connectivity index (χ2v) is 4.89. The van der Waals surface area contributed by atoms with Gasteiger partial charge >= 0.3 is 5.97 Å². The Morgan fingerprint density at radius 2 is 1.81 bits per heavy atom. The second kappa shape index (κ2) is 10.1. The summed E-state index contributed by atoms with van der Waals surface area (Å²) in [6.07, 6.45) is 5.04. The molecule has 0 aromatic rings. The predicted molar refractivity (Wildman–Crippen MR) is 72.8 cm³/mol. The first kappa shape index (κ1) is 15.9. The number of hydrogen-bond donors (Lipinski definition) is 0. The Balaban J connectivity index is 3.86. The van der Waals surface area contributed by atoms with Crippen LogP contribution in [0.1, 0.15) is 46.0 Å². The van der Waals surface area contributed by atoms with E-state index >= 15 is 0 Å². The van der Waals surface area contributed by atoms with Gasteiger partial charge < -0.3 is 4.74 Å².